The van der Waals surface area contributed by atoms with Crippen molar-refractivity contribution >= 4 is 32.7 Å². The van der Waals surface area contributed by atoms with E-state index < -0.39 is 10.0 Å². The van der Waals surface area contributed by atoms with Gasteiger partial charge in [0.2, 0.25) is 10.0 Å². The average Bonchev–Trinajstić information content (AvgIpc) is 3.27. The molecule has 5 nitrogen and oxygen atoms in total. The number of benzene rings is 1. The largest absolute Gasteiger partial charge is 0.497 e. The zero-order valence-electron chi connectivity index (χ0n) is 12.9. The van der Waals surface area contributed by atoms with Crippen LogP contribution < -0.4 is 9.46 Å². The molecule has 0 fully saturated rings. The number of ether oxygens (including phenoxy) is 1. The van der Waals surface area contributed by atoms with Gasteiger partial charge in [0.05, 0.1) is 12.8 Å². The Bertz CT molecular complexity index is 902. The van der Waals surface area contributed by atoms with Crippen molar-refractivity contribution in [3.8, 4) is 16.3 Å². The molecule has 1 N–H and O–H groups in total. The van der Waals surface area contributed by atoms with Crippen LogP contribution >= 0.6 is 22.7 Å². The van der Waals surface area contributed by atoms with Gasteiger partial charge in [-0.2, -0.15) is 0 Å². The van der Waals surface area contributed by atoms with Gasteiger partial charge in [-0.3, -0.25) is 0 Å². The summed E-state index contributed by atoms with van der Waals surface area (Å²) in [4.78, 5) is 4.57. The van der Waals surface area contributed by atoms with Crippen molar-refractivity contribution in [2.24, 2.45) is 0 Å². The Morgan fingerprint density at radius 1 is 1.21 bits per heavy atom. The number of aromatic nitrogens is 1. The van der Waals surface area contributed by atoms with Gasteiger partial charge in [0.25, 0.3) is 0 Å². The molecule has 126 valence electrons. The maximum absolute atomic E-state index is 12.0. The summed E-state index contributed by atoms with van der Waals surface area (Å²) in [5.74, 6) is 0.785. The van der Waals surface area contributed by atoms with Crippen LogP contribution in [0, 0.1) is 0 Å². The number of rotatable bonds is 7. The molecule has 3 aromatic rings. The summed E-state index contributed by atoms with van der Waals surface area (Å²) in [5.41, 5.74) is 1.86. The predicted octanol–water partition coefficient (Wildman–Crippen LogP) is 3.40. The van der Waals surface area contributed by atoms with Crippen molar-refractivity contribution in [3.05, 3.63) is 52.9 Å². The van der Waals surface area contributed by atoms with Gasteiger partial charge < -0.3 is 4.74 Å². The number of nitrogens with one attached hydrogen (secondary N) is 1. The average molecular weight is 381 g/mol. The van der Waals surface area contributed by atoms with E-state index in [4.69, 9.17) is 4.74 Å². The molecule has 0 aliphatic heterocycles. The van der Waals surface area contributed by atoms with Gasteiger partial charge in [0.1, 0.15) is 15.0 Å². The van der Waals surface area contributed by atoms with Crippen molar-refractivity contribution in [2.45, 2.75) is 10.6 Å². The SMILES string of the molecule is COc1cccc(-c2nc(CCNS(=O)(=O)c3cccs3)cs2)c1. The minimum Gasteiger partial charge on any atom is -0.497 e. The summed E-state index contributed by atoms with van der Waals surface area (Å²) >= 11 is 2.74. The number of thiazole rings is 1. The third-order valence-corrected chi connectivity index (χ3v) is 7.10. The molecule has 0 bridgehead atoms. The fourth-order valence-corrected chi connectivity index (χ4v) is 5.03. The first-order valence-corrected chi connectivity index (χ1v) is 10.4. The van der Waals surface area contributed by atoms with E-state index in [1.807, 2.05) is 29.6 Å². The van der Waals surface area contributed by atoms with E-state index in [1.54, 1.807) is 24.6 Å². The maximum Gasteiger partial charge on any atom is 0.250 e. The van der Waals surface area contributed by atoms with E-state index in [9.17, 15) is 8.42 Å². The van der Waals surface area contributed by atoms with E-state index in [1.165, 1.54) is 22.7 Å². The fraction of sp³-hybridized carbons (Fsp3) is 0.188. The van der Waals surface area contributed by atoms with Crippen molar-refractivity contribution < 1.29 is 13.2 Å². The second kappa shape index (κ2) is 7.43. The number of hydrogen-bond donors (Lipinski definition) is 1. The topological polar surface area (TPSA) is 68.3 Å². The highest BCUT2D eigenvalue weighted by Gasteiger charge is 2.14. The number of sulfonamides is 1. The van der Waals surface area contributed by atoms with Gasteiger partial charge in [0.15, 0.2) is 0 Å². The van der Waals surface area contributed by atoms with Gasteiger partial charge in [0, 0.05) is 23.9 Å². The molecule has 0 unspecified atom stereocenters. The summed E-state index contributed by atoms with van der Waals surface area (Å²) in [6.45, 7) is 0.321. The van der Waals surface area contributed by atoms with Crippen molar-refractivity contribution in [1.29, 1.82) is 0 Å². The molecule has 0 spiro atoms. The molecule has 0 amide bonds. The molecule has 0 radical (unpaired) electrons. The Morgan fingerprint density at radius 2 is 2.08 bits per heavy atom. The first-order valence-electron chi connectivity index (χ1n) is 7.20. The summed E-state index contributed by atoms with van der Waals surface area (Å²) < 4.78 is 32.3. The molecule has 3 rings (SSSR count). The van der Waals surface area contributed by atoms with E-state index >= 15 is 0 Å². The van der Waals surface area contributed by atoms with E-state index in [2.05, 4.69) is 9.71 Å². The molecule has 2 heterocycles. The quantitative estimate of drug-likeness (QED) is 0.682. The van der Waals surface area contributed by atoms with Crippen LogP contribution in [-0.2, 0) is 16.4 Å². The van der Waals surface area contributed by atoms with Crippen LogP contribution in [0.4, 0.5) is 0 Å². The zero-order chi connectivity index (χ0) is 17.0. The Labute approximate surface area is 149 Å². The summed E-state index contributed by atoms with van der Waals surface area (Å²) in [6.07, 6.45) is 0.547. The van der Waals surface area contributed by atoms with Gasteiger partial charge >= 0.3 is 0 Å². The second-order valence-corrected chi connectivity index (χ2v) is 8.76. The second-order valence-electron chi connectivity index (χ2n) is 4.96. The van der Waals surface area contributed by atoms with E-state index in [0.717, 1.165) is 22.0 Å². The van der Waals surface area contributed by atoms with Crippen LogP contribution in [0.2, 0.25) is 0 Å². The van der Waals surface area contributed by atoms with Gasteiger partial charge in [-0.25, -0.2) is 18.1 Å². The Balaban J connectivity index is 1.62. The van der Waals surface area contributed by atoms with Crippen LogP contribution in [0.25, 0.3) is 10.6 Å². The number of hydrogen-bond acceptors (Lipinski definition) is 6. The molecule has 0 aliphatic rings. The standard InChI is InChI=1S/C16H16N2O3S3/c1-21-14-5-2-4-12(10-14)16-18-13(11-23-16)7-8-17-24(19,20)15-6-3-9-22-15/h2-6,9-11,17H,7-8H2,1H3. The van der Waals surface area contributed by atoms with Gasteiger partial charge in [-0.15, -0.1) is 22.7 Å². The third-order valence-electron chi connectivity index (χ3n) is 3.30. The minimum atomic E-state index is -3.41. The summed E-state index contributed by atoms with van der Waals surface area (Å²) in [5, 5.41) is 4.59. The van der Waals surface area contributed by atoms with Crippen molar-refractivity contribution in [2.75, 3.05) is 13.7 Å². The number of nitrogens with zero attached hydrogens (tertiary/aromatic N) is 1. The molecule has 0 atom stereocenters. The predicted molar refractivity (Wildman–Crippen MR) is 97.3 cm³/mol. The van der Waals surface area contributed by atoms with Crippen molar-refractivity contribution in [1.82, 2.24) is 9.71 Å². The Kier molecular flexibility index (Phi) is 5.30. The lowest BCUT2D eigenvalue weighted by Crippen LogP contribution is -2.25. The van der Waals surface area contributed by atoms with Crippen LogP contribution in [0.3, 0.4) is 0 Å². The van der Waals surface area contributed by atoms with Crippen LogP contribution in [0.1, 0.15) is 5.69 Å². The molecule has 2 aromatic heterocycles. The lowest BCUT2D eigenvalue weighted by atomic mass is 10.2. The van der Waals surface area contributed by atoms with E-state index in [-0.39, 0.29) is 0 Å². The Hall–Kier alpha value is -1.74. The lowest BCUT2D eigenvalue weighted by Gasteiger charge is -2.03. The number of methoxy groups -OCH3 is 1. The molecule has 0 saturated carbocycles. The molecule has 0 saturated heterocycles. The van der Waals surface area contributed by atoms with Crippen molar-refractivity contribution in [3.63, 3.8) is 0 Å². The molecular weight excluding hydrogens is 364 g/mol. The normalized spacial score (nSPS) is 11.5. The van der Waals surface area contributed by atoms with Crippen LogP contribution in [0.5, 0.6) is 5.75 Å². The molecule has 1 aromatic carbocycles. The molecule has 8 heteroatoms. The summed E-state index contributed by atoms with van der Waals surface area (Å²) in [7, 11) is -1.78. The minimum absolute atomic E-state index is 0.321. The zero-order valence-corrected chi connectivity index (χ0v) is 15.4. The smallest absolute Gasteiger partial charge is 0.250 e. The highest BCUT2D eigenvalue weighted by atomic mass is 32.2. The monoisotopic (exact) mass is 380 g/mol. The van der Waals surface area contributed by atoms with Gasteiger partial charge in [-0.05, 0) is 23.6 Å². The lowest BCUT2D eigenvalue weighted by molar-refractivity contribution is 0.415. The van der Waals surface area contributed by atoms with Gasteiger partial charge in [-0.1, -0.05) is 18.2 Å². The maximum atomic E-state index is 12.0. The molecular formula is C16H16N2O3S3. The van der Waals surface area contributed by atoms with Crippen LogP contribution in [0.15, 0.2) is 51.4 Å². The number of thiophene rings is 1. The highest BCUT2D eigenvalue weighted by Crippen LogP contribution is 2.27. The Morgan fingerprint density at radius 3 is 2.83 bits per heavy atom. The first kappa shape index (κ1) is 17.1. The fourth-order valence-electron chi connectivity index (χ4n) is 2.11. The first-order chi connectivity index (χ1) is 11.6. The molecule has 24 heavy (non-hydrogen) atoms. The third kappa shape index (κ3) is 4.02. The highest BCUT2D eigenvalue weighted by molar-refractivity contribution is 7.91. The molecule has 0 aliphatic carbocycles. The van der Waals surface area contributed by atoms with Crippen LogP contribution in [-0.4, -0.2) is 27.1 Å². The van der Waals surface area contributed by atoms with E-state index in [0.29, 0.717) is 17.2 Å². The summed E-state index contributed by atoms with van der Waals surface area (Å²) in [6, 6.07) is 11.0.